The van der Waals surface area contributed by atoms with Crippen molar-refractivity contribution in [2.24, 2.45) is 0 Å². The van der Waals surface area contributed by atoms with Crippen LogP contribution < -0.4 is 5.32 Å². The Bertz CT molecular complexity index is 768. The molecule has 2 saturated heterocycles. The van der Waals surface area contributed by atoms with Crippen LogP contribution >= 0.6 is 0 Å². The van der Waals surface area contributed by atoms with Crippen LogP contribution in [0.15, 0.2) is 35.7 Å². The number of carbonyl (C=O) groups is 2. The lowest BCUT2D eigenvalue weighted by Gasteiger charge is -2.34. The molecule has 25 heavy (non-hydrogen) atoms. The summed E-state index contributed by atoms with van der Waals surface area (Å²) >= 11 is 0. The predicted molar refractivity (Wildman–Crippen MR) is 93.7 cm³/mol. The Morgan fingerprint density at radius 3 is 2.40 bits per heavy atom. The number of benzene rings is 1. The molecule has 134 valence electrons. The monoisotopic (exact) mass is 363 g/mol. The Kier molecular flexibility index (Phi) is 5.19. The first kappa shape index (κ1) is 17.6. The van der Waals surface area contributed by atoms with Crippen LogP contribution in [0.3, 0.4) is 0 Å². The molecule has 0 aliphatic carbocycles. The molecule has 1 aromatic rings. The van der Waals surface area contributed by atoms with E-state index >= 15 is 0 Å². The number of rotatable bonds is 4. The van der Waals surface area contributed by atoms with Gasteiger partial charge in [0.25, 0.3) is 0 Å². The van der Waals surface area contributed by atoms with Gasteiger partial charge in [-0.15, -0.1) is 0 Å². The number of hydrogen-bond donors (Lipinski definition) is 1. The van der Waals surface area contributed by atoms with Crippen molar-refractivity contribution in [3.63, 3.8) is 0 Å². The van der Waals surface area contributed by atoms with Gasteiger partial charge in [-0.05, 0) is 18.1 Å². The van der Waals surface area contributed by atoms with E-state index in [9.17, 15) is 18.0 Å². The fourth-order valence-electron chi connectivity index (χ4n) is 3.00. The highest BCUT2D eigenvalue weighted by atomic mass is 32.2. The fourth-order valence-corrected chi connectivity index (χ4v) is 4.17. The molecule has 1 atom stereocenters. The van der Waals surface area contributed by atoms with Gasteiger partial charge in [0.05, 0.1) is 0 Å². The van der Waals surface area contributed by atoms with Crippen LogP contribution in [0.4, 0.5) is 0 Å². The highest BCUT2D eigenvalue weighted by Crippen LogP contribution is 2.15. The fraction of sp³-hybridized carbons (Fsp3) is 0.412. The predicted octanol–water partition coefficient (Wildman–Crippen LogP) is 0.410. The summed E-state index contributed by atoms with van der Waals surface area (Å²) in [5.74, 6) is -0.228. The molecular weight excluding hydrogens is 342 g/mol. The summed E-state index contributed by atoms with van der Waals surface area (Å²) in [4.78, 5) is 25.2. The number of piperazine rings is 1. The molecule has 0 spiro atoms. The number of hydrogen-bond acceptors (Lipinski definition) is 4. The van der Waals surface area contributed by atoms with Gasteiger partial charge in [-0.1, -0.05) is 30.3 Å². The number of amides is 2. The average molecular weight is 363 g/mol. The van der Waals surface area contributed by atoms with Gasteiger partial charge < -0.3 is 10.2 Å². The van der Waals surface area contributed by atoms with Gasteiger partial charge in [-0.25, -0.2) is 8.42 Å². The summed E-state index contributed by atoms with van der Waals surface area (Å²) in [5, 5.41) is 3.86. The lowest BCUT2D eigenvalue weighted by atomic mass is 10.2. The van der Waals surface area contributed by atoms with Gasteiger partial charge in [0.15, 0.2) is 0 Å². The summed E-state index contributed by atoms with van der Waals surface area (Å²) in [5.41, 5.74) is 0.817. The molecule has 2 fully saturated rings. The third-order valence-corrected chi connectivity index (χ3v) is 6.00. The molecule has 7 nitrogen and oxygen atoms in total. The first-order chi connectivity index (χ1) is 12.0. The third-order valence-electron chi connectivity index (χ3n) is 4.44. The van der Waals surface area contributed by atoms with Crippen LogP contribution in [-0.4, -0.2) is 61.7 Å². The largest absolute Gasteiger partial charge is 0.344 e. The Balaban J connectivity index is 1.57. The van der Waals surface area contributed by atoms with Gasteiger partial charge in [-0.3, -0.25) is 9.59 Å². The van der Waals surface area contributed by atoms with E-state index < -0.39 is 16.1 Å². The van der Waals surface area contributed by atoms with Crippen molar-refractivity contribution in [2.45, 2.75) is 18.9 Å². The highest BCUT2D eigenvalue weighted by Gasteiger charge is 2.33. The maximum atomic E-state index is 12.4. The molecule has 0 radical (unpaired) electrons. The molecule has 0 saturated carbocycles. The summed E-state index contributed by atoms with van der Waals surface area (Å²) in [6, 6.07) is 8.76. The van der Waals surface area contributed by atoms with Crippen LogP contribution in [-0.2, 0) is 19.6 Å². The molecule has 2 aliphatic heterocycles. The summed E-state index contributed by atoms with van der Waals surface area (Å²) < 4.78 is 26.2. The molecule has 2 aliphatic rings. The van der Waals surface area contributed by atoms with Crippen LogP contribution in [0.1, 0.15) is 18.4 Å². The Hall–Kier alpha value is -2.19. The summed E-state index contributed by atoms with van der Waals surface area (Å²) in [6.07, 6.45) is 2.45. The second kappa shape index (κ2) is 7.37. The van der Waals surface area contributed by atoms with Crippen LogP contribution in [0.25, 0.3) is 6.08 Å². The molecular formula is C17H21N3O4S. The molecule has 2 amide bonds. The number of sulfonamides is 1. The number of carbonyl (C=O) groups excluding carboxylic acids is 2. The topological polar surface area (TPSA) is 86.8 Å². The number of nitrogens with one attached hydrogen (secondary N) is 1. The second-order valence-corrected chi connectivity index (χ2v) is 7.96. The molecule has 1 aromatic carbocycles. The van der Waals surface area contributed by atoms with E-state index in [-0.39, 0.29) is 24.9 Å². The first-order valence-electron chi connectivity index (χ1n) is 8.27. The van der Waals surface area contributed by atoms with Crippen LogP contribution in [0.2, 0.25) is 0 Å². The van der Waals surface area contributed by atoms with E-state index in [1.165, 1.54) is 9.71 Å². The van der Waals surface area contributed by atoms with Gasteiger partial charge in [0.2, 0.25) is 21.8 Å². The molecule has 2 heterocycles. The van der Waals surface area contributed by atoms with Crippen molar-refractivity contribution < 1.29 is 18.0 Å². The molecule has 1 N–H and O–H groups in total. The Morgan fingerprint density at radius 1 is 1.12 bits per heavy atom. The van der Waals surface area contributed by atoms with E-state index in [4.69, 9.17) is 0 Å². The Morgan fingerprint density at radius 2 is 1.80 bits per heavy atom. The Labute approximate surface area is 147 Å². The minimum Gasteiger partial charge on any atom is -0.344 e. The number of nitrogens with zero attached hydrogens (tertiary/aromatic N) is 2. The smallest absolute Gasteiger partial charge is 0.245 e. The van der Waals surface area contributed by atoms with E-state index in [2.05, 4.69) is 5.32 Å². The van der Waals surface area contributed by atoms with Crippen molar-refractivity contribution in [1.82, 2.24) is 14.5 Å². The third kappa shape index (κ3) is 4.26. The lowest BCUT2D eigenvalue weighted by Crippen LogP contribution is -2.54. The minimum absolute atomic E-state index is 0.106. The first-order valence-corrected chi connectivity index (χ1v) is 9.77. The van der Waals surface area contributed by atoms with E-state index in [1.54, 1.807) is 11.0 Å². The molecule has 3 rings (SSSR count). The maximum Gasteiger partial charge on any atom is 0.245 e. The zero-order valence-electron chi connectivity index (χ0n) is 13.8. The van der Waals surface area contributed by atoms with E-state index in [0.717, 1.165) is 5.56 Å². The molecule has 0 bridgehead atoms. The molecule has 8 heteroatoms. The average Bonchev–Trinajstić information content (AvgIpc) is 3.07. The van der Waals surface area contributed by atoms with E-state index in [0.29, 0.717) is 25.9 Å². The van der Waals surface area contributed by atoms with Crippen LogP contribution in [0.5, 0.6) is 0 Å². The maximum absolute atomic E-state index is 12.4. The van der Waals surface area contributed by atoms with Crippen molar-refractivity contribution >= 4 is 27.9 Å². The SMILES string of the molecule is O=C1CC[C@H](C(=O)N2CCN(S(=O)(=O)/C=C/c3ccccc3)CC2)N1. The zero-order valence-corrected chi connectivity index (χ0v) is 14.6. The summed E-state index contributed by atoms with van der Waals surface area (Å²) in [7, 11) is -3.51. The van der Waals surface area contributed by atoms with Gasteiger partial charge in [-0.2, -0.15) is 4.31 Å². The van der Waals surface area contributed by atoms with Gasteiger partial charge >= 0.3 is 0 Å². The van der Waals surface area contributed by atoms with Gasteiger partial charge in [0, 0.05) is 38.0 Å². The molecule has 0 unspecified atom stereocenters. The highest BCUT2D eigenvalue weighted by molar-refractivity contribution is 7.92. The van der Waals surface area contributed by atoms with E-state index in [1.807, 2.05) is 30.3 Å². The normalized spacial score (nSPS) is 22.3. The molecule has 0 aromatic heterocycles. The van der Waals surface area contributed by atoms with Crippen LogP contribution in [0, 0.1) is 0 Å². The standard InChI is InChI=1S/C17H21N3O4S/c21-16-7-6-15(18-16)17(22)19-9-11-20(12-10-19)25(23,24)13-8-14-4-2-1-3-5-14/h1-5,8,13,15H,6-7,9-12H2,(H,18,21)/b13-8+/t15-/m1/s1. The minimum atomic E-state index is -3.51. The van der Waals surface area contributed by atoms with Gasteiger partial charge in [0.1, 0.15) is 6.04 Å². The second-order valence-electron chi connectivity index (χ2n) is 6.14. The van der Waals surface area contributed by atoms with Crippen molar-refractivity contribution in [3.05, 3.63) is 41.3 Å². The van der Waals surface area contributed by atoms with Crippen molar-refractivity contribution in [3.8, 4) is 0 Å². The van der Waals surface area contributed by atoms with Crippen molar-refractivity contribution in [2.75, 3.05) is 26.2 Å². The lowest BCUT2D eigenvalue weighted by molar-refractivity contribution is -0.135. The van der Waals surface area contributed by atoms with Crippen molar-refractivity contribution in [1.29, 1.82) is 0 Å². The zero-order chi connectivity index (χ0) is 17.9. The quantitative estimate of drug-likeness (QED) is 0.839. The summed E-state index contributed by atoms with van der Waals surface area (Å²) in [6.45, 7) is 1.19.